The molecule has 0 atom stereocenters. The number of amides is 1. The zero-order valence-electron chi connectivity index (χ0n) is 9.92. The Hall–Kier alpha value is -2.18. The first kappa shape index (κ1) is 12.8. The van der Waals surface area contributed by atoms with Crippen LogP contribution in [0.4, 0.5) is 10.7 Å². The zero-order valence-corrected chi connectivity index (χ0v) is 11.5. The van der Waals surface area contributed by atoms with E-state index in [1.54, 1.807) is 30.3 Å². The van der Waals surface area contributed by atoms with Crippen LogP contribution in [-0.2, 0) is 4.79 Å². The Kier molecular flexibility index (Phi) is 3.04. The third-order valence-corrected chi connectivity index (χ3v) is 4.06. The summed E-state index contributed by atoms with van der Waals surface area (Å²) in [6.07, 6.45) is 1.65. The van der Waals surface area contributed by atoms with Crippen LogP contribution in [0, 0.1) is 10.1 Å². The van der Waals surface area contributed by atoms with Gasteiger partial charge in [-0.25, -0.2) is 0 Å². The molecule has 1 aromatic carbocycles. The Labute approximate surface area is 122 Å². The topological polar surface area (TPSA) is 72.2 Å². The summed E-state index contributed by atoms with van der Waals surface area (Å²) in [5.74, 6) is -0.238. The monoisotopic (exact) mass is 306 g/mol. The fraction of sp³-hybridized carbons (Fsp3) is 0. The number of hydrogen-bond acceptors (Lipinski definition) is 4. The Morgan fingerprint density at radius 1 is 1.30 bits per heavy atom. The van der Waals surface area contributed by atoms with E-state index in [1.807, 2.05) is 0 Å². The first-order valence-electron chi connectivity index (χ1n) is 5.62. The molecule has 1 aliphatic heterocycles. The van der Waals surface area contributed by atoms with Crippen molar-refractivity contribution in [1.29, 1.82) is 0 Å². The summed E-state index contributed by atoms with van der Waals surface area (Å²) >= 11 is 6.90. The van der Waals surface area contributed by atoms with Gasteiger partial charge in [-0.2, -0.15) is 0 Å². The predicted molar refractivity (Wildman–Crippen MR) is 78.9 cm³/mol. The van der Waals surface area contributed by atoms with Crippen LogP contribution in [0.3, 0.4) is 0 Å². The number of benzene rings is 1. The van der Waals surface area contributed by atoms with Crippen LogP contribution in [0.25, 0.3) is 11.6 Å². The van der Waals surface area contributed by atoms with Crippen LogP contribution >= 0.6 is 22.9 Å². The largest absolute Gasteiger partial charge is 0.324 e. The Morgan fingerprint density at radius 3 is 2.80 bits per heavy atom. The average Bonchev–Trinajstić information content (AvgIpc) is 2.96. The highest BCUT2D eigenvalue weighted by Crippen LogP contribution is 2.36. The Morgan fingerprint density at radius 2 is 2.10 bits per heavy atom. The molecule has 0 spiro atoms. The van der Waals surface area contributed by atoms with E-state index in [9.17, 15) is 14.9 Å². The van der Waals surface area contributed by atoms with Crippen molar-refractivity contribution in [3.05, 3.63) is 55.9 Å². The van der Waals surface area contributed by atoms with Crippen LogP contribution in [0.1, 0.15) is 10.4 Å². The van der Waals surface area contributed by atoms with Gasteiger partial charge in [-0.15, -0.1) is 0 Å². The Balaban J connectivity index is 2.03. The van der Waals surface area contributed by atoms with Gasteiger partial charge in [0, 0.05) is 21.5 Å². The highest BCUT2D eigenvalue weighted by atomic mass is 35.5. The second kappa shape index (κ2) is 4.73. The number of hydrogen-bond donors (Lipinski definition) is 1. The first-order valence-corrected chi connectivity index (χ1v) is 6.81. The van der Waals surface area contributed by atoms with Gasteiger partial charge in [0.25, 0.3) is 5.91 Å². The third-order valence-electron chi connectivity index (χ3n) is 2.84. The molecule has 7 heteroatoms. The maximum Gasteiger partial charge on any atom is 0.324 e. The molecule has 1 amide bonds. The molecular formula is C13H7ClN2O3S. The third kappa shape index (κ3) is 2.19. The molecule has 100 valence electrons. The lowest BCUT2D eigenvalue weighted by molar-refractivity contribution is -0.380. The molecule has 0 saturated carbocycles. The minimum atomic E-state index is -0.449. The molecule has 0 radical (unpaired) electrons. The minimum Gasteiger partial charge on any atom is -0.321 e. The highest BCUT2D eigenvalue weighted by Gasteiger charge is 2.24. The van der Waals surface area contributed by atoms with Crippen molar-refractivity contribution in [2.75, 3.05) is 5.32 Å². The van der Waals surface area contributed by atoms with Gasteiger partial charge in [0.05, 0.1) is 16.2 Å². The minimum absolute atomic E-state index is 0.0478. The standard InChI is InChI=1S/C13H7ClN2O3S/c14-7-1-3-9-10(13(17)15-11(9)5-7)6-8-2-4-12(20-8)16(18)19/h1-6H,(H,15,17)/b10-6-. The van der Waals surface area contributed by atoms with Gasteiger partial charge < -0.3 is 5.32 Å². The number of fused-ring (bicyclic) bond motifs is 1. The van der Waals surface area contributed by atoms with Gasteiger partial charge in [0.2, 0.25) is 0 Å². The van der Waals surface area contributed by atoms with Crippen molar-refractivity contribution in [2.45, 2.75) is 0 Å². The molecule has 5 nitrogen and oxygen atoms in total. The van der Waals surface area contributed by atoms with E-state index < -0.39 is 4.92 Å². The second-order valence-electron chi connectivity index (χ2n) is 4.14. The van der Waals surface area contributed by atoms with Gasteiger partial charge in [-0.3, -0.25) is 14.9 Å². The molecule has 1 aliphatic rings. The molecule has 0 saturated heterocycles. The first-order chi connectivity index (χ1) is 9.54. The number of carbonyl (C=O) groups excluding carboxylic acids is 1. The van der Waals surface area contributed by atoms with Crippen molar-refractivity contribution >= 4 is 51.2 Å². The van der Waals surface area contributed by atoms with Gasteiger partial charge in [0.1, 0.15) is 0 Å². The average molecular weight is 307 g/mol. The van der Waals surface area contributed by atoms with Crippen LogP contribution in [0.5, 0.6) is 0 Å². The smallest absolute Gasteiger partial charge is 0.321 e. The SMILES string of the molecule is O=C1Nc2cc(Cl)ccc2/C1=C/c1ccc([N+](=O)[O-])s1. The van der Waals surface area contributed by atoms with E-state index in [0.29, 0.717) is 21.2 Å². The molecule has 0 bridgehead atoms. The molecule has 0 fully saturated rings. The summed E-state index contributed by atoms with van der Waals surface area (Å²) in [7, 11) is 0. The molecule has 0 aliphatic carbocycles. The number of thiophene rings is 1. The van der Waals surface area contributed by atoms with Crippen LogP contribution in [0.15, 0.2) is 30.3 Å². The fourth-order valence-electron chi connectivity index (χ4n) is 1.97. The van der Waals surface area contributed by atoms with Crippen LogP contribution in [-0.4, -0.2) is 10.8 Å². The van der Waals surface area contributed by atoms with Crippen molar-refractivity contribution in [3.8, 4) is 0 Å². The van der Waals surface area contributed by atoms with Gasteiger partial charge in [0.15, 0.2) is 0 Å². The number of anilines is 1. The molecular weight excluding hydrogens is 300 g/mol. The lowest BCUT2D eigenvalue weighted by Crippen LogP contribution is -2.03. The molecule has 1 N–H and O–H groups in total. The van der Waals surface area contributed by atoms with Crippen molar-refractivity contribution in [3.63, 3.8) is 0 Å². The summed E-state index contributed by atoms with van der Waals surface area (Å²) in [5, 5.41) is 14.0. The summed E-state index contributed by atoms with van der Waals surface area (Å²) in [6, 6.07) is 8.17. The summed E-state index contributed by atoms with van der Waals surface area (Å²) in [6.45, 7) is 0. The predicted octanol–water partition coefficient (Wildman–Crippen LogP) is 3.80. The fourth-order valence-corrected chi connectivity index (χ4v) is 2.91. The maximum atomic E-state index is 11.9. The number of carbonyl (C=O) groups is 1. The van der Waals surface area contributed by atoms with Gasteiger partial charge in [-0.05, 0) is 24.3 Å². The van der Waals surface area contributed by atoms with E-state index in [1.165, 1.54) is 6.07 Å². The number of nitro groups is 1. The molecule has 3 rings (SSSR count). The normalized spacial score (nSPS) is 15.2. The lowest BCUT2D eigenvalue weighted by atomic mass is 10.1. The van der Waals surface area contributed by atoms with Crippen molar-refractivity contribution < 1.29 is 9.72 Å². The Bertz CT molecular complexity index is 767. The quantitative estimate of drug-likeness (QED) is 0.521. The molecule has 0 unspecified atom stereocenters. The highest BCUT2D eigenvalue weighted by molar-refractivity contribution is 7.16. The van der Waals surface area contributed by atoms with E-state index >= 15 is 0 Å². The lowest BCUT2D eigenvalue weighted by Gasteiger charge is -1.97. The number of nitrogens with zero attached hydrogens (tertiary/aromatic N) is 1. The summed E-state index contributed by atoms with van der Waals surface area (Å²) in [4.78, 5) is 22.8. The van der Waals surface area contributed by atoms with E-state index in [4.69, 9.17) is 11.6 Å². The van der Waals surface area contributed by atoms with Crippen LogP contribution in [0.2, 0.25) is 5.02 Å². The van der Waals surface area contributed by atoms with Crippen molar-refractivity contribution in [2.24, 2.45) is 0 Å². The van der Waals surface area contributed by atoms with E-state index in [0.717, 1.165) is 16.9 Å². The summed E-state index contributed by atoms with van der Waals surface area (Å²) in [5.41, 5.74) is 1.88. The molecule has 2 heterocycles. The number of nitrogens with one attached hydrogen (secondary N) is 1. The molecule has 20 heavy (non-hydrogen) atoms. The zero-order chi connectivity index (χ0) is 14.3. The molecule has 1 aromatic heterocycles. The second-order valence-corrected chi connectivity index (χ2v) is 5.67. The van der Waals surface area contributed by atoms with Gasteiger partial charge >= 0.3 is 5.00 Å². The number of halogens is 1. The summed E-state index contributed by atoms with van der Waals surface area (Å²) < 4.78 is 0. The maximum absolute atomic E-state index is 11.9. The molecule has 2 aromatic rings. The van der Waals surface area contributed by atoms with Crippen molar-refractivity contribution in [1.82, 2.24) is 0 Å². The number of rotatable bonds is 2. The van der Waals surface area contributed by atoms with E-state index in [-0.39, 0.29) is 10.9 Å². The van der Waals surface area contributed by atoms with Gasteiger partial charge in [-0.1, -0.05) is 29.0 Å². The van der Waals surface area contributed by atoms with Crippen LogP contribution < -0.4 is 5.32 Å². The van der Waals surface area contributed by atoms with E-state index in [2.05, 4.69) is 5.32 Å².